The Morgan fingerprint density at radius 3 is 2.30 bits per heavy atom. The van der Waals surface area contributed by atoms with Crippen LogP contribution in [0.3, 0.4) is 0 Å². The molecule has 5 heteroatoms. The number of para-hydroxylation sites is 1. The maximum atomic E-state index is 12.6. The molecule has 2 amide bonds. The van der Waals surface area contributed by atoms with E-state index in [0.29, 0.717) is 28.1 Å². The quantitative estimate of drug-likeness (QED) is 0.729. The van der Waals surface area contributed by atoms with Crippen molar-refractivity contribution in [2.75, 3.05) is 10.6 Å². The highest BCUT2D eigenvalue weighted by Crippen LogP contribution is 2.19. The number of anilines is 2. The third-order valence-electron chi connectivity index (χ3n) is 3.97. The zero-order valence-corrected chi connectivity index (χ0v) is 14.7. The van der Waals surface area contributed by atoms with Crippen molar-refractivity contribution in [2.45, 2.75) is 6.92 Å². The number of benzene rings is 3. The molecule has 5 nitrogen and oxygen atoms in total. The summed E-state index contributed by atoms with van der Waals surface area (Å²) in [4.78, 5) is 25.1. The van der Waals surface area contributed by atoms with Crippen molar-refractivity contribution in [1.82, 2.24) is 0 Å². The number of hydrogen-bond donors (Lipinski definition) is 2. The van der Waals surface area contributed by atoms with Gasteiger partial charge in [-0.25, -0.2) is 0 Å². The Hall–Kier alpha value is -3.91. The molecule has 0 heterocycles. The van der Waals surface area contributed by atoms with Crippen molar-refractivity contribution >= 4 is 23.2 Å². The number of amides is 2. The van der Waals surface area contributed by atoms with Crippen LogP contribution in [0.1, 0.15) is 31.8 Å². The molecule has 0 fully saturated rings. The number of nitrogens with one attached hydrogen (secondary N) is 2. The first kappa shape index (κ1) is 17.9. The van der Waals surface area contributed by atoms with Gasteiger partial charge < -0.3 is 10.6 Å². The molecular weight excluding hydrogens is 338 g/mol. The lowest BCUT2D eigenvalue weighted by Crippen LogP contribution is -2.18. The predicted molar refractivity (Wildman–Crippen MR) is 105 cm³/mol. The Balaban J connectivity index is 1.79. The molecule has 3 aromatic rings. The van der Waals surface area contributed by atoms with Gasteiger partial charge in [0.15, 0.2) is 0 Å². The van der Waals surface area contributed by atoms with Gasteiger partial charge in [-0.05, 0) is 55.5 Å². The Morgan fingerprint density at radius 2 is 1.59 bits per heavy atom. The molecule has 0 unspecified atom stereocenters. The molecule has 0 aliphatic rings. The first-order valence-electron chi connectivity index (χ1n) is 8.35. The van der Waals surface area contributed by atoms with Crippen LogP contribution >= 0.6 is 0 Å². The number of rotatable bonds is 4. The number of hydrogen-bond acceptors (Lipinski definition) is 3. The molecule has 132 valence electrons. The molecular formula is C22H17N3O2. The van der Waals surface area contributed by atoms with Gasteiger partial charge in [-0.3, -0.25) is 9.59 Å². The minimum atomic E-state index is -0.347. The Bertz CT molecular complexity index is 1030. The topological polar surface area (TPSA) is 82.0 Å². The van der Waals surface area contributed by atoms with Crippen LogP contribution in [-0.2, 0) is 0 Å². The molecule has 3 aromatic carbocycles. The van der Waals surface area contributed by atoms with Gasteiger partial charge in [0.1, 0.15) is 0 Å². The van der Waals surface area contributed by atoms with Gasteiger partial charge in [-0.15, -0.1) is 0 Å². The molecule has 0 bridgehead atoms. The third kappa shape index (κ3) is 4.39. The van der Waals surface area contributed by atoms with Gasteiger partial charge in [0.25, 0.3) is 11.8 Å². The zero-order valence-electron chi connectivity index (χ0n) is 14.7. The summed E-state index contributed by atoms with van der Waals surface area (Å²) < 4.78 is 0. The van der Waals surface area contributed by atoms with Crippen LogP contribution in [0.25, 0.3) is 0 Å². The summed E-state index contributed by atoms with van der Waals surface area (Å²) in [7, 11) is 0. The minimum absolute atomic E-state index is 0.280. The van der Waals surface area contributed by atoms with Crippen LogP contribution in [0.4, 0.5) is 11.4 Å². The van der Waals surface area contributed by atoms with E-state index in [0.717, 1.165) is 5.56 Å². The van der Waals surface area contributed by atoms with Crippen molar-refractivity contribution in [3.63, 3.8) is 0 Å². The smallest absolute Gasteiger partial charge is 0.257 e. The summed E-state index contributed by atoms with van der Waals surface area (Å²) in [6, 6.07) is 22.6. The van der Waals surface area contributed by atoms with Gasteiger partial charge >= 0.3 is 0 Å². The first-order chi connectivity index (χ1) is 13.1. The van der Waals surface area contributed by atoms with Crippen LogP contribution in [0.2, 0.25) is 0 Å². The van der Waals surface area contributed by atoms with Crippen molar-refractivity contribution < 1.29 is 9.59 Å². The largest absolute Gasteiger partial charge is 0.322 e. The van der Waals surface area contributed by atoms with Crippen LogP contribution in [-0.4, -0.2) is 11.8 Å². The first-order valence-corrected chi connectivity index (χ1v) is 8.35. The van der Waals surface area contributed by atoms with Crippen molar-refractivity contribution in [2.24, 2.45) is 0 Å². The summed E-state index contributed by atoms with van der Waals surface area (Å²) in [6.07, 6.45) is 0. The Labute approximate surface area is 157 Å². The number of nitriles is 1. The summed E-state index contributed by atoms with van der Waals surface area (Å²) in [5.41, 5.74) is 3.36. The highest BCUT2D eigenvalue weighted by Gasteiger charge is 2.14. The second kappa shape index (κ2) is 7.98. The average Bonchev–Trinajstić information content (AvgIpc) is 2.69. The highest BCUT2D eigenvalue weighted by atomic mass is 16.2. The fourth-order valence-electron chi connectivity index (χ4n) is 2.60. The minimum Gasteiger partial charge on any atom is -0.322 e. The van der Waals surface area contributed by atoms with Gasteiger partial charge in [-0.1, -0.05) is 29.8 Å². The molecule has 0 radical (unpaired) electrons. The van der Waals surface area contributed by atoms with Gasteiger partial charge in [-0.2, -0.15) is 5.26 Å². The van der Waals surface area contributed by atoms with E-state index in [9.17, 15) is 9.59 Å². The van der Waals surface area contributed by atoms with E-state index < -0.39 is 0 Å². The predicted octanol–water partition coefficient (Wildman–Crippen LogP) is 4.37. The van der Waals surface area contributed by atoms with Crippen LogP contribution in [0.15, 0.2) is 72.8 Å². The van der Waals surface area contributed by atoms with E-state index in [4.69, 9.17) is 5.26 Å². The normalized spacial score (nSPS) is 9.93. The Kier molecular flexibility index (Phi) is 5.29. The van der Waals surface area contributed by atoms with E-state index in [1.807, 2.05) is 25.1 Å². The lowest BCUT2D eigenvalue weighted by Gasteiger charge is -2.12. The van der Waals surface area contributed by atoms with Crippen LogP contribution < -0.4 is 10.6 Å². The van der Waals surface area contributed by atoms with E-state index in [1.54, 1.807) is 60.7 Å². The maximum Gasteiger partial charge on any atom is 0.257 e. The van der Waals surface area contributed by atoms with Crippen molar-refractivity contribution in [3.8, 4) is 6.07 Å². The number of aryl methyl sites for hydroxylation is 1. The fourth-order valence-corrected chi connectivity index (χ4v) is 2.60. The second-order valence-corrected chi connectivity index (χ2v) is 6.01. The van der Waals surface area contributed by atoms with Gasteiger partial charge in [0.05, 0.1) is 22.9 Å². The zero-order chi connectivity index (χ0) is 19.2. The number of carbonyl (C=O) groups excluding carboxylic acids is 2. The SMILES string of the molecule is Cc1cccc(C(=O)Nc2ccccc2C(=O)Nc2ccc(C#N)cc2)c1. The summed E-state index contributed by atoms with van der Waals surface area (Å²) in [5, 5.41) is 14.4. The van der Waals surface area contributed by atoms with Crippen LogP contribution in [0, 0.1) is 18.3 Å². The Morgan fingerprint density at radius 1 is 0.852 bits per heavy atom. The van der Waals surface area contributed by atoms with E-state index in [2.05, 4.69) is 10.6 Å². The molecule has 0 atom stereocenters. The average molecular weight is 355 g/mol. The van der Waals surface area contributed by atoms with E-state index in [1.165, 1.54) is 0 Å². The monoisotopic (exact) mass is 355 g/mol. The molecule has 0 spiro atoms. The standard InChI is InChI=1S/C22H17N3O2/c1-15-5-4-6-17(13-15)21(26)25-20-8-3-2-7-19(20)22(27)24-18-11-9-16(14-23)10-12-18/h2-13H,1H3,(H,24,27)(H,25,26). The van der Waals surface area contributed by atoms with Gasteiger partial charge in [0.2, 0.25) is 0 Å². The molecule has 0 saturated heterocycles. The summed E-state index contributed by atoms with van der Waals surface area (Å²) in [5.74, 6) is -0.628. The molecule has 0 aliphatic carbocycles. The van der Waals surface area contributed by atoms with E-state index in [-0.39, 0.29) is 11.8 Å². The molecule has 2 N–H and O–H groups in total. The molecule has 0 aliphatic heterocycles. The lowest BCUT2D eigenvalue weighted by atomic mass is 10.1. The van der Waals surface area contributed by atoms with Crippen molar-refractivity contribution in [1.29, 1.82) is 5.26 Å². The molecule has 3 rings (SSSR count). The molecule has 0 saturated carbocycles. The van der Waals surface area contributed by atoms with Gasteiger partial charge in [0, 0.05) is 11.3 Å². The third-order valence-corrected chi connectivity index (χ3v) is 3.97. The maximum absolute atomic E-state index is 12.6. The van der Waals surface area contributed by atoms with E-state index >= 15 is 0 Å². The lowest BCUT2D eigenvalue weighted by molar-refractivity contribution is 0.102. The summed E-state index contributed by atoms with van der Waals surface area (Å²) >= 11 is 0. The number of nitrogens with zero attached hydrogens (tertiary/aromatic N) is 1. The van der Waals surface area contributed by atoms with Crippen LogP contribution in [0.5, 0.6) is 0 Å². The highest BCUT2D eigenvalue weighted by molar-refractivity contribution is 6.12. The second-order valence-electron chi connectivity index (χ2n) is 6.01. The number of carbonyl (C=O) groups is 2. The van der Waals surface area contributed by atoms with Crippen molar-refractivity contribution in [3.05, 3.63) is 95.1 Å². The molecule has 0 aromatic heterocycles. The molecule has 27 heavy (non-hydrogen) atoms. The summed E-state index contributed by atoms with van der Waals surface area (Å²) in [6.45, 7) is 1.91. The fraction of sp³-hybridized carbons (Fsp3) is 0.0455.